The summed E-state index contributed by atoms with van der Waals surface area (Å²) in [5.41, 5.74) is -1.24. The highest BCUT2D eigenvalue weighted by Gasteiger charge is 2.35. The van der Waals surface area contributed by atoms with Gasteiger partial charge < -0.3 is 28.8 Å². The molecule has 4 aromatic carbocycles. The lowest BCUT2D eigenvalue weighted by Crippen LogP contribution is -2.40. The number of nitrogens with zero attached hydrogens (tertiary/aromatic N) is 6. The smallest absolute Gasteiger partial charge is 0.431 e. The molecule has 0 fully saturated rings. The highest BCUT2D eigenvalue weighted by atomic mass is 35.5. The van der Waals surface area contributed by atoms with Crippen LogP contribution < -0.4 is 40.2 Å². The number of fused-ring (bicyclic) bond motifs is 1. The van der Waals surface area contributed by atoms with Crippen molar-refractivity contribution in [3.05, 3.63) is 157 Å². The van der Waals surface area contributed by atoms with E-state index in [0.717, 1.165) is 24.4 Å². The molecule has 0 saturated heterocycles. The number of sulfonamides is 1. The maximum Gasteiger partial charge on any atom is 0.431 e. The van der Waals surface area contributed by atoms with Gasteiger partial charge in [0.25, 0.3) is 15.6 Å². The third kappa shape index (κ3) is 15.6. The number of pyridine rings is 1. The second-order valence-electron chi connectivity index (χ2n) is 15.2. The van der Waals surface area contributed by atoms with Gasteiger partial charge in [-0.2, -0.15) is 28.1 Å². The fourth-order valence-corrected chi connectivity index (χ4v) is 8.02. The van der Waals surface area contributed by atoms with Gasteiger partial charge in [0.1, 0.15) is 45.8 Å². The maximum atomic E-state index is 13.1. The SMILES string of the molecule is CCc1ccc(COc2ccc(-n3c(=O)cc(C(F)(F)F)n(C)c3=O)cc2)c(OC(C)C(=O)OC)c1.COc1nc(C)nc(NC(=O)NS(=O)(=O)c2ccccc2Cl)n1.O=C(O)COc1ccc(Cl)c2cccnc12. The number of urea groups is 1. The Morgan fingerprint density at radius 1 is 0.867 bits per heavy atom. The van der Waals surface area contributed by atoms with Crippen LogP contribution in [0.4, 0.5) is 23.9 Å². The second-order valence-corrected chi connectivity index (χ2v) is 17.7. The number of carbonyl (C=O) groups excluding carboxylic acids is 2. The summed E-state index contributed by atoms with van der Waals surface area (Å²) < 4.78 is 92.5. The molecule has 21 nitrogen and oxygen atoms in total. The predicted octanol–water partition coefficient (Wildman–Crippen LogP) is 7.34. The summed E-state index contributed by atoms with van der Waals surface area (Å²) in [7, 11) is -0.567. The van der Waals surface area contributed by atoms with Crippen LogP contribution in [0, 0.1) is 6.92 Å². The van der Waals surface area contributed by atoms with Gasteiger partial charge in [-0.15, -0.1) is 0 Å². The number of alkyl halides is 3. The molecular weight excluding hydrogens is 1060 g/mol. The van der Waals surface area contributed by atoms with E-state index in [-0.39, 0.29) is 34.2 Å². The van der Waals surface area contributed by atoms with Crippen LogP contribution in [0.1, 0.15) is 36.5 Å². The molecule has 27 heteroatoms. The number of aromatic nitrogens is 6. The van der Waals surface area contributed by atoms with Gasteiger partial charge in [0.05, 0.1) is 30.0 Å². The number of methoxy groups -OCH3 is 2. The van der Waals surface area contributed by atoms with Crippen LogP contribution in [0.3, 0.4) is 0 Å². The highest BCUT2D eigenvalue weighted by Crippen LogP contribution is 2.30. The molecule has 2 amide bonds. The Balaban J connectivity index is 0.000000227. The number of hydrogen-bond acceptors (Lipinski definition) is 16. The molecule has 3 N–H and O–H groups in total. The summed E-state index contributed by atoms with van der Waals surface area (Å²) in [6.07, 6.45) is -3.30. The zero-order chi connectivity index (χ0) is 55.2. The summed E-state index contributed by atoms with van der Waals surface area (Å²) in [6.45, 7) is 4.80. The van der Waals surface area contributed by atoms with Crippen LogP contribution in [0.15, 0.2) is 118 Å². The second kappa shape index (κ2) is 25.6. The van der Waals surface area contributed by atoms with Gasteiger partial charge in [-0.3, -0.25) is 19.7 Å². The predicted molar refractivity (Wildman–Crippen MR) is 266 cm³/mol. The molecule has 396 valence electrons. The number of hydrogen-bond donors (Lipinski definition) is 3. The van der Waals surface area contributed by atoms with E-state index in [1.54, 1.807) is 50.4 Å². The first kappa shape index (κ1) is 57.6. The number of nitrogens with one attached hydrogen (secondary N) is 2. The van der Waals surface area contributed by atoms with E-state index in [2.05, 4.69) is 25.3 Å². The van der Waals surface area contributed by atoms with Gasteiger partial charge in [0, 0.05) is 30.3 Å². The van der Waals surface area contributed by atoms with E-state index in [4.69, 9.17) is 52.0 Å². The van der Waals surface area contributed by atoms with E-state index < -0.39 is 63.8 Å². The van der Waals surface area contributed by atoms with Gasteiger partial charge in [0.15, 0.2) is 12.7 Å². The van der Waals surface area contributed by atoms with E-state index in [9.17, 15) is 45.6 Å². The number of carboxylic acids is 1. The van der Waals surface area contributed by atoms with Crippen molar-refractivity contribution in [3.8, 4) is 28.9 Å². The minimum Gasteiger partial charge on any atom is -0.489 e. The Kier molecular flexibility index (Phi) is 19.7. The molecule has 0 radical (unpaired) electrons. The number of rotatable bonds is 15. The summed E-state index contributed by atoms with van der Waals surface area (Å²) in [5, 5.41) is 12.0. The van der Waals surface area contributed by atoms with Crippen molar-refractivity contribution in [1.82, 2.24) is 33.8 Å². The van der Waals surface area contributed by atoms with Gasteiger partial charge in [-0.25, -0.2) is 36.9 Å². The molecule has 75 heavy (non-hydrogen) atoms. The minimum atomic E-state index is -4.84. The van der Waals surface area contributed by atoms with E-state index in [0.29, 0.717) is 54.4 Å². The van der Waals surface area contributed by atoms with Crippen LogP contribution in [0.2, 0.25) is 10.0 Å². The van der Waals surface area contributed by atoms with Crippen LogP contribution in [0.5, 0.6) is 23.3 Å². The number of benzene rings is 4. The van der Waals surface area contributed by atoms with E-state index in [1.807, 2.05) is 29.8 Å². The molecule has 7 aromatic rings. The minimum absolute atomic E-state index is 0.00882. The molecule has 0 aliphatic carbocycles. The van der Waals surface area contributed by atoms with Crippen LogP contribution in [-0.4, -0.2) is 87.5 Å². The van der Waals surface area contributed by atoms with Crippen molar-refractivity contribution >= 4 is 68.0 Å². The molecule has 0 bridgehead atoms. The Morgan fingerprint density at radius 2 is 1.57 bits per heavy atom. The molecule has 3 aromatic heterocycles. The molecule has 0 aliphatic heterocycles. The zero-order valence-electron chi connectivity index (χ0n) is 40.3. The fourth-order valence-electron chi connectivity index (χ4n) is 6.38. The Labute approximate surface area is 434 Å². The third-order valence-electron chi connectivity index (χ3n) is 9.99. The van der Waals surface area contributed by atoms with Crippen molar-refractivity contribution in [2.75, 3.05) is 26.1 Å². The first-order chi connectivity index (χ1) is 35.5. The number of anilines is 1. The van der Waals surface area contributed by atoms with Crippen LogP contribution >= 0.6 is 23.2 Å². The summed E-state index contributed by atoms with van der Waals surface area (Å²) in [5.74, 6) is -0.154. The van der Waals surface area contributed by atoms with Gasteiger partial charge in [0.2, 0.25) is 5.95 Å². The average Bonchev–Trinajstić information content (AvgIpc) is 3.36. The molecular formula is C48H45Cl2F3N8O13S. The number of amides is 2. The molecule has 7 rings (SSSR count). The van der Waals surface area contributed by atoms with Crippen LogP contribution in [-0.2, 0) is 50.6 Å². The normalized spacial score (nSPS) is 11.4. The molecule has 1 atom stereocenters. The quantitative estimate of drug-likeness (QED) is 0.0847. The fraction of sp³-hybridized carbons (Fsp3) is 0.229. The summed E-state index contributed by atoms with van der Waals surface area (Å²) in [6, 6.07) is 23.2. The number of aliphatic carboxylic acids is 1. The first-order valence-electron chi connectivity index (χ1n) is 21.7. The number of halogens is 5. The molecule has 0 spiro atoms. The number of carboxylic acid groups (broad SMARTS) is 1. The maximum absolute atomic E-state index is 13.1. The van der Waals surface area contributed by atoms with E-state index in [1.165, 1.54) is 56.7 Å². The molecule has 3 heterocycles. The summed E-state index contributed by atoms with van der Waals surface area (Å²) in [4.78, 5) is 74.1. The highest BCUT2D eigenvalue weighted by molar-refractivity contribution is 7.90. The van der Waals surface area contributed by atoms with Crippen LogP contribution in [0.25, 0.3) is 16.6 Å². The first-order valence-corrected chi connectivity index (χ1v) is 23.9. The monoisotopic (exact) mass is 1100 g/mol. The molecule has 1 unspecified atom stereocenters. The standard InChI is InChI=1S/C25H25F3N2O6.C12H12ClN5O4S.C11H8ClNO3/c1-5-16-6-7-17(20(12-16)36-15(2)23(32)34-4)14-35-19-10-8-18(9-11-19)30-22(31)13-21(25(26,27)28)29(3)24(30)33;1-7-14-10(17-12(15-7)22-2)16-11(19)18-23(20,21)9-6-4-3-5-8(9)13;12-8-3-4-9(16-6-10(14)15)11-7(8)2-1-5-13-11/h6-13,15H,5,14H2,1-4H3;3-6H,1-2H3,(H2,14,15,16,17,18,19);1-5H,6H2,(H,14,15). The third-order valence-corrected chi connectivity index (χ3v) is 12.2. The van der Waals surface area contributed by atoms with Gasteiger partial charge in [-0.1, -0.05) is 54.4 Å². The molecule has 0 saturated carbocycles. The number of esters is 1. The van der Waals surface area contributed by atoms with Gasteiger partial charge >= 0.3 is 35.8 Å². The van der Waals surface area contributed by atoms with Crippen molar-refractivity contribution in [3.63, 3.8) is 0 Å². The lowest BCUT2D eigenvalue weighted by atomic mass is 10.1. The summed E-state index contributed by atoms with van der Waals surface area (Å²) >= 11 is 11.8. The van der Waals surface area contributed by atoms with Crippen molar-refractivity contribution < 1.29 is 64.8 Å². The Hall–Kier alpha value is -8.29. The molecule has 0 aliphatic rings. The van der Waals surface area contributed by atoms with Crippen molar-refractivity contribution in [1.29, 1.82) is 0 Å². The number of ether oxygens (including phenoxy) is 5. The van der Waals surface area contributed by atoms with Crippen molar-refractivity contribution in [2.45, 2.75) is 51.0 Å². The van der Waals surface area contributed by atoms with Crippen molar-refractivity contribution in [2.24, 2.45) is 7.05 Å². The lowest BCUT2D eigenvalue weighted by Gasteiger charge is -2.17. The largest absolute Gasteiger partial charge is 0.489 e. The lowest BCUT2D eigenvalue weighted by molar-refractivity contribution is -0.148. The van der Waals surface area contributed by atoms with E-state index >= 15 is 0 Å². The number of carbonyl (C=O) groups is 3. The topological polar surface area (TPSA) is 271 Å². The zero-order valence-corrected chi connectivity index (χ0v) is 42.7. The van der Waals surface area contributed by atoms with Gasteiger partial charge in [-0.05, 0) is 92.6 Å². The Morgan fingerprint density at radius 3 is 2.21 bits per heavy atom. The average molecular weight is 1100 g/mol. The Bertz CT molecular complexity index is 3440. The number of aryl methyl sites for hydroxylation is 2.